The molecule has 1 heterocycles. The van der Waals surface area contributed by atoms with Crippen molar-refractivity contribution in [3.8, 4) is 0 Å². The van der Waals surface area contributed by atoms with Crippen molar-refractivity contribution in [3.63, 3.8) is 0 Å². The van der Waals surface area contributed by atoms with Gasteiger partial charge in [0.1, 0.15) is 0 Å². The molecule has 31 heavy (non-hydrogen) atoms. The lowest BCUT2D eigenvalue weighted by Gasteiger charge is -2.23. The van der Waals surface area contributed by atoms with Crippen molar-refractivity contribution in [2.45, 2.75) is 47.0 Å². The van der Waals surface area contributed by atoms with E-state index in [1.165, 1.54) is 0 Å². The van der Waals surface area contributed by atoms with Crippen LogP contribution in [-0.4, -0.2) is 30.9 Å². The normalized spacial score (nSPS) is 15.8. The van der Waals surface area contributed by atoms with Gasteiger partial charge in [0.25, 0.3) is 5.91 Å². The van der Waals surface area contributed by atoms with Crippen LogP contribution in [0, 0.1) is 19.8 Å². The van der Waals surface area contributed by atoms with Crippen molar-refractivity contribution < 1.29 is 19.1 Å². The molecule has 0 radical (unpaired) electrons. The van der Waals surface area contributed by atoms with Crippen LogP contribution >= 0.6 is 0 Å². The van der Waals surface area contributed by atoms with Gasteiger partial charge in [-0.2, -0.15) is 0 Å². The molecule has 1 aliphatic rings. The largest absolute Gasteiger partial charge is 0.455 e. The topological polar surface area (TPSA) is 75.7 Å². The molecule has 2 aromatic rings. The Morgan fingerprint density at radius 2 is 1.77 bits per heavy atom. The number of hydrogen-bond acceptors (Lipinski definition) is 4. The summed E-state index contributed by atoms with van der Waals surface area (Å²) in [5.41, 5.74) is 5.84. The highest BCUT2D eigenvalue weighted by Crippen LogP contribution is 2.32. The first-order chi connectivity index (χ1) is 14.8. The average molecular weight is 423 g/mol. The smallest absolute Gasteiger partial charge is 0.311 e. The fourth-order valence-corrected chi connectivity index (χ4v) is 4.04. The summed E-state index contributed by atoms with van der Waals surface area (Å²) in [5, 5.41) is 2.76. The summed E-state index contributed by atoms with van der Waals surface area (Å²) in [6.07, 6.45) is 1.71. The molecule has 0 aromatic heterocycles. The van der Waals surface area contributed by atoms with Gasteiger partial charge in [-0.15, -0.1) is 0 Å². The first kappa shape index (κ1) is 22.5. The predicted molar refractivity (Wildman–Crippen MR) is 121 cm³/mol. The molecule has 3 rings (SSSR count). The van der Waals surface area contributed by atoms with Crippen molar-refractivity contribution in [3.05, 3.63) is 58.7 Å². The Morgan fingerprint density at radius 1 is 1.10 bits per heavy atom. The van der Waals surface area contributed by atoms with Crippen LogP contribution in [0.3, 0.4) is 0 Å². The average Bonchev–Trinajstić information content (AvgIpc) is 3.14. The molecule has 6 nitrogen and oxygen atoms in total. The van der Waals surface area contributed by atoms with Crippen molar-refractivity contribution >= 4 is 29.2 Å². The number of aryl methyl sites for hydroxylation is 4. The summed E-state index contributed by atoms with van der Waals surface area (Å²) in [6.45, 7) is 7.90. The minimum atomic E-state index is -0.573. The second kappa shape index (κ2) is 9.77. The number of carbonyl (C=O) groups is 3. The summed E-state index contributed by atoms with van der Waals surface area (Å²) in [5.74, 6) is -1.57. The van der Waals surface area contributed by atoms with Gasteiger partial charge in [-0.1, -0.05) is 49.7 Å². The van der Waals surface area contributed by atoms with Crippen LogP contribution in [0.1, 0.15) is 42.5 Å². The van der Waals surface area contributed by atoms with Gasteiger partial charge in [-0.05, 0) is 49.4 Å². The quantitative estimate of drug-likeness (QED) is 0.685. The number of nitrogens with zero attached hydrogens (tertiary/aromatic N) is 1. The van der Waals surface area contributed by atoms with Gasteiger partial charge >= 0.3 is 5.97 Å². The maximum Gasteiger partial charge on any atom is 0.311 e. The van der Waals surface area contributed by atoms with Crippen molar-refractivity contribution in [1.29, 1.82) is 0 Å². The van der Waals surface area contributed by atoms with E-state index in [1.54, 1.807) is 4.90 Å². The number of amides is 2. The van der Waals surface area contributed by atoms with Gasteiger partial charge in [0, 0.05) is 24.3 Å². The molecule has 164 valence electrons. The molecule has 1 fully saturated rings. The maximum atomic E-state index is 12.7. The lowest BCUT2D eigenvalue weighted by molar-refractivity contribution is -0.151. The zero-order valence-corrected chi connectivity index (χ0v) is 18.7. The molecule has 2 aromatic carbocycles. The Balaban J connectivity index is 1.61. The summed E-state index contributed by atoms with van der Waals surface area (Å²) in [4.78, 5) is 39.2. The molecule has 0 unspecified atom stereocenters. The van der Waals surface area contributed by atoms with Crippen molar-refractivity contribution in [2.75, 3.05) is 23.4 Å². The van der Waals surface area contributed by atoms with E-state index in [1.807, 2.05) is 50.2 Å². The van der Waals surface area contributed by atoms with Crippen LogP contribution in [0.5, 0.6) is 0 Å². The van der Waals surface area contributed by atoms with Crippen molar-refractivity contribution in [1.82, 2.24) is 0 Å². The van der Waals surface area contributed by atoms with Crippen LogP contribution in [0.2, 0.25) is 0 Å². The molecule has 1 saturated heterocycles. The lowest BCUT2D eigenvalue weighted by Crippen LogP contribution is -2.29. The van der Waals surface area contributed by atoms with Crippen LogP contribution in [0.4, 0.5) is 11.4 Å². The number of ether oxygens (including phenoxy) is 1. The van der Waals surface area contributed by atoms with E-state index in [2.05, 4.69) is 19.2 Å². The third-order valence-electron chi connectivity index (χ3n) is 5.69. The minimum absolute atomic E-state index is 0.0859. The third kappa shape index (κ3) is 5.13. The van der Waals surface area contributed by atoms with Crippen LogP contribution in [-0.2, 0) is 32.0 Å². The third-order valence-corrected chi connectivity index (χ3v) is 5.69. The Kier molecular flexibility index (Phi) is 7.10. The Labute approximate surface area is 183 Å². The summed E-state index contributed by atoms with van der Waals surface area (Å²) < 4.78 is 5.24. The fourth-order valence-electron chi connectivity index (χ4n) is 4.04. The predicted octanol–water partition coefficient (Wildman–Crippen LogP) is 3.96. The van der Waals surface area contributed by atoms with E-state index in [4.69, 9.17) is 4.74 Å². The fraction of sp³-hybridized carbons (Fsp3) is 0.400. The van der Waals surface area contributed by atoms with E-state index in [0.29, 0.717) is 5.69 Å². The van der Waals surface area contributed by atoms with Gasteiger partial charge in [0.15, 0.2) is 6.61 Å². The highest BCUT2D eigenvalue weighted by molar-refractivity contribution is 6.01. The molecule has 0 bridgehead atoms. The first-order valence-corrected chi connectivity index (χ1v) is 10.8. The number of hydrogen-bond donors (Lipinski definition) is 1. The second-order valence-electron chi connectivity index (χ2n) is 8.01. The standard InChI is InChI=1S/C25H30N2O4/c1-5-18-8-7-9-19(6-2)24(18)27-14-20(13-23(27)29)25(30)31-15-22(28)26-21-11-10-16(3)12-17(21)4/h7-12,20H,5-6,13-15H2,1-4H3,(H,26,28)/t20-/m0/s1. The van der Waals surface area contributed by atoms with E-state index in [-0.39, 0.29) is 25.5 Å². The molecule has 1 N–H and O–H groups in total. The van der Waals surface area contributed by atoms with Crippen molar-refractivity contribution in [2.24, 2.45) is 5.92 Å². The van der Waals surface area contributed by atoms with Gasteiger partial charge < -0.3 is 15.0 Å². The SMILES string of the molecule is CCc1cccc(CC)c1N1C[C@@H](C(=O)OCC(=O)Nc2ccc(C)cc2C)CC1=O. The van der Waals surface area contributed by atoms with Gasteiger partial charge in [0.05, 0.1) is 5.92 Å². The van der Waals surface area contributed by atoms with Crippen LogP contribution in [0.15, 0.2) is 36.4 Å². The number of esters is 1. The zero-order valence-electron chi connectivity index (χ0n) is 18.7. The molecule has 0 aliphatic carbocycles. The Morgan fingerprint density at radius 3 is 2.39 bits per heavy atom. The van der Waals surface area contributed by atoms with Gasteiger partial charge in [0.2, 0.25) is 5.91 Å². The molecule has 2 amide bonds. The second-order valence-corrected chi connectivity index (χ2v) is 8.01. The summed E-state index contributed by atoms with van der Waals surface area (Å²) in [7, 11) is 0. The maximum absolute atomic E-state index is 12.7. The molecular weight excluding hydrogens is 392 g/mol. The molecule has 1 aliphatic heterocycles. The highest BCUT2D eigenvalue weighted by Gasteiger charge is 2.37. The summed E-state index contributed by atoms with van der Waals surface area (Å²) in [6, 6.07) is 11.7. The number of carbonyl (C=O) groups excluding carboxylic acids is 3. The van der Waals surface area contributed by atoms with E-state index >= 15 is 0 Å². The Bertz CT molecular complexity index is 977. The molecular formula is C25H30N2O4. The number of anilines is 2. The molecule has 1 atom stereocenters. The van der Waals surface area contributed by atoms with Gasteiger partial charge in [-0.3, -0.25) is 14.4 Å². The molecule has 0 saturated carbocycles. The number of nitrogens with one attached hydrogen (secondary N) is 1. The monoisotopic (exact) mass is 422 g/mol. The zero-order chi connectivity index (χ0) is 22.5. The minimum Gasteiger partial charge on any atom is -0.455 e. The molecule has 6 heteroatoms. The summed E-state index contributed by atoms with van der Waals surface area (Å²) >= 11 is 0. The highest BCUT2D eigenvalue weighted by atomic mass is 16.5. The van der Waals surface area contributed by atoms with E-state index < -0.39 is 17.8 Å². The number of benzene rings is 2. The first-order valence-electron chi connectivity index (χ1n) is 10.8. The van der Waals surface area contributed by atoms with Crippen LogP contribution < -0.4 is 10.2 Å². The lowest BCUT2D eigenvalue weighted by atomic mass is 10.0. The molecule has 0 spiro atoms. The van der Waals surface area contributed by atoms with Gasteiger partial charge in [-0.25, -0.2) is 0 Å². The van der Waals surface area contributed by atoms with E-state index in [0.717, 1.165) is 40.8 Å². The van der Waals surface area contributed by atoms with Crippen LogP contribution in [0.25, 0.3) is 0 Å². The number of para-hydroxylation sites is 1. The number of rotatable bonds is 7. The Hall–Kier alpha value is -3.15. The van der Waals surface area contributed by atoms with E-state index in [9.17, 15) is 14.4 Å².